The van der Waals surface area contributed by atoms with E-state index in [0.717, 1.165) is 0 Å². The van der Waals surface area contributed by atoms with Crippen molar-refractivity contribution in [3.8, 4) is 0 Å². The Balaban J connectivity index is 1.21. The number of amides is 3. The molecule has 0 spiro atoms. The largest absolute Gasteiger partial charge is 0.445 e. The number of nitro benzene ring substituents is 2. The Kier molecular flexibility index (Phi) is 8.49. The number of nitrogens with zero attached hydrogens (tertiary/aromatic N) is 4. The second-order valence-corrected chi connectivity index (χ2v) is 9.85. The normalized spacial score (nSPS) is 18.7. The smallest absolute Gasteiger partial charge is 0.410 e. The van der Waals surface area contributed by atoms with E-state index in [1.807, 2.05) is 0 Å². The summed E-state index contributed by atoms with van der Waals surface area (Å²) >= 11 is 4.41. The molecule has 39 heavy (non-hydrogen) atoms. The average molecular weight is 560 g/mol. The summed E-state index contributed by atoms with van der Waals surface area (Å²) in [7, 11) is 0. The van der Waals surface area contributed by atoms with Crippen molar-refractivity contribution in [3.05, 3.63) is 79.9 Å². The summed E-state index contributed by atoms with van der Waals surface area (Å²) in [6.07, 6.45) is -0.948. The Morgan fingerprint density at radius 3 is 1.82 bits per heavy atom. The maximum Gasteiger partial charge on any atom is 0.410 e. The first-order valence-corrected chi connectivity index (χ1v) is 12.4. The first-order chi connectivity index (χ1) is 18.6. The van der Waals surface area contributed by atoms with E-state index in [1.54, 1.807) is 0 Å². The predicted molar refractivity (Wildman–Crippen MR) is 138 cm³/mol. The molecule has 2 aromatic carbocycles. The molecule has 2 aliphatic rings. The van der Waals surface area contributed by atoms with E-state index < -0.39 is 28.1 Å². The van der Waals surface area contributed by atoms with E-state index in [1.165, 1.54) is 58.3 Å². The van der Waals surface area contributed by atoms with Crippen molar-refractivity contribution in [1.82, 2.24) is 15.1 Å². The molecule has 2 heterocycles. The molecule has 2 aromatic rings. The van der Waals surface area contributed by atoms with Crippen molar-refractivity contribution in [1.29, 1.82) is 0 Å². The predicted octanol–water partition coefficient (Wildman–Crippen LogP) is 2.65. The second kappa shape index (κ2) is 12.0. The molecule has 3 amide bonds. The Morgan fingerprint density at radius 1 is 0.846 bits per heavy atom. The van der Waals surface area contributed by atoms with Crippen LogP contribution in [-0.4, -0.2) is 74.7 Å². The number of non-ortho nitro benzene ring substituents is 2. The molecule has 15 heteroatoms. The Labute approximate surface area is 227 Å². The van der Waals surface area contributed by atoms with Gasteiger partial charge in [-0.25, -0.2) is 9.59 Å². The molecule has 2 unspecified atom stereocenters. The summed E-state index contributed by atoms with van der Waals surface area (Å²) in [4.78, 5) is 61.0. The molecule has 0 aromatic heterocycles. The zero-order valence-electron chi connectivity index (χ0n) is 20.5. The fourth-order valence-electron chi connectivity index (χ4n) is 4.17. The van der Waals surface area contributed by atoms with Gasteiger partial charge in [0.25, 0.3) is 11.4 Å². The van der Waals surface area contributed by atoms with Crippen LogP contribution in [0.5, 0.6) is 0 Å². The highest BCUT2D eigenvalue weighted by Crippen LogP contribution is 2.24. The number of benzene rings is 2. The lowest BCUT2D eigenvalue weighted by molar-refractivity contribution is -0.385. The van der Waals surface area contributed by atoms with E-state index in [4.69, 9.17) is 9.47 Å². The number of likely N-dealkylation sites (tertiary alicyclic amines) is 2. The number of nitrogens with one attached hydrogen (secondary N) is 1. The molecule has 2 atom stereocenters. The zero-order valence-corrected chi connectivity index (χ0v) is 21.4. The van der Waals surface area contributed by atoms with Crippen LogP contribution < -0.4 is 5.32 Å². The van der Waals surface area contributed by atoms with Crippen molar-refractivity contribution >= 4 is 42.1 Å². The summed E-state index contributed by atoms with van der Waals surface area (Å²) in [5, 5.41) is 24.1. The minimum Gasteiger partial charge on any atom is -0.445 e. The summed E-state index contributed by atoms with van der Waals surface area (Å²) in [5.41, 5.74) is 1.02. The maximum absolute atomic E-state index is 12.9. The molecular formula is C24H25N5O9S. The molecule has 206 valence electrons. The minimum absolute atomic E-state index is 0.0489. The summed E-state index contributed by atoms with van der Waals surface area (Å²) < 4.78 is 10.5. The highest BCUT2D eigenvalue weighted by atomic mass is 32.1. The summed E-state index contributed by atoms with van der Waals surface area (Å²) in [6, 6.07) is 10.1. The highest BCUT2D eigenvalue weighted by molar-refractivity contribution is 7.81. The van der Waals surface area contributed by atoms with Gasteiger partial charge in [0.2, 0.25) is 5.91 Å². The van der Waals surface area contributed by atoms with Crippen LogP contribution in [0.1, 0.15) is 17.5 Å². The van der Waals surface area contributed by atoms with E-state index in [9.17, 15) is 34.6 Å². The monoisotopic (exact) mass is 559 g/mol. The molecule has 0 aliphatic carbocycles. The molecule has 0 saturated carbocycles. The molecule has 14 nitrogen and oxygen atoms in total. The SMILES string of the molecule is O=C(NC1CN(C(=O)OCc2ccc([N+](=O)[O-])cc2)C1)C1CC(S)CN1C(=O)OCc1ccc([N+](=O)[O-])cc1. The Hall–Kier alpha value is -4.40. The third-order valence-corrected chi connectivity index (χ3v) is 6.70. The van der Waals surface area contributed by atoms with Gasteiger partial charge < -0.3 is 19.7 Å². The number of rotatable bonds is 8. The minimum atomic E-state index is -0.792. The summed E-state index contributed by atoms with van der Waals surface area (Å²) in [5.74, 6) is -0.386. The van der Waals surface area contributed by atoms with Crippen LogP contribution in [0.4, 0.5) is 21.0 Å². The number of hydrogen-bond acceptors (Lipinski definition) is 10. The quantitative estimate of drug-likeness (QED) is 0.280. The van der Waals surface area contributed by atoms with E-state index in [2.05, 4.69) is 17.9 Å². The van der Waals surface area contributed by atoms with E-state index >= 15 is 0 Å². The van der Waals surface area contributed by atoms with Crippen LogP contribution in [0.2, 0.25) is 0 Å². The van der Waals surface area contributed by atoms with Crippen molar-refractivity contribution in [2.75, 3.05) is 19.6 Å². The van der Waals surface area contributed by atoms with Gasteiger partial charge in [-0.1, -0.05) is 0 Å². The Morgan fingerprint density at radius 2 is 1.33 bits per heavy atom. The lowest BCUT2D eigenvalue weighted by Crippen LogP contribution is -2.63. The van der Waals surface area contributed by atoms with Gasteiger partial charge in [0.1, 0.15) is 19.3 Å². The maximum atomic E-state index is 12.9. The number of ether oxygens (including phenoxy) is 2. The van der Waals surface area contributed by atoms with Gasteiger partial charge in [-0.05, 0) is 41.8 Å². The van der Waals surface area contributed by atoms with Crippen LogP contribution in [0, 0.1) is 20.2 Å². The molecule has 2 fully saturated rings. The van der Waals surface area contributed by atoms with Crippen LogP contribution in [0.3, 0.4) is 0 Å². The van der Waals surface area contributed by atoms with Crippen LogP contribution in [0.15, 0.2) is 48.5 Å². The first-order valence-electron chi connectivity index (χ1n) is 11.9. The van der Waals surface area contributed by atoms with Gasteiger partial charge in [0.05, 0.1) is 15.9 Å². The fraction of sp³-hybridized carbons (Fsp3) is 0.375. The van der Waals surface area contributed by atoms with E-state index in [0.29, 0.717) is 17.5 Å². The van der Waals surface area contributed by atoms with Crippen molar-refractivity contribution < 1.29 is 33.7 Å². The third-order valence-electron chi connectivity index (χ3n) is 6.32. The third kappa shape index (κ3) is 6.93. The topological polar surface area (TPSA) is 174 Å². The molecule has 0 radical (unpaired) electrons. The first kappa shape index (κ1) is 27.6. The van der Waals surface area contributed by atoms with Crippen LogP contribution in [-0.2, 0) is 27.5 Å². The molecule has 1 N–H and O–H groups in total. The number of hydrogen-bond donors (Lipinski definition) is 2. The van der Waals surface area contributed by atoms with Gasteiger partial charge in [-0.15, -0.1) is 0 Å². The fourth-order valence-corrected chi connectivity index (χ4v) is 4.55. The number of thiol groups is 1. The van der Waals surface area contributed by atoms with Gasteiger partial charge in [0, 0.05) is 49.1 Å². The molecular weight excluding hydrogens is 534 g/mol. The highest BCUT2D eigenvalue weighted by Gasteiger charge is 2.41. The van der Waals surface area contributed by atoms with Gasteiger partial charge >= 0.3 is 12.2 Å². The van der Waals surface area contributed by atoms with Gasteiger partial charge in [0.15, 0.2) is 0 Å². The number of nitro groups is 2. The lowest BCUT2D eigenvalue weighted by Gasteiger charge is -2.39. The van der Waals surface area contributed by atoms with Gasteiger partial charge in [-0.2, -0.15) is 12.6 Å². The molecule has 4 rings (SSSR count). The van der Waals surface area contributed by atoms with Crippen LogP contribution in [0.25, 0.3) is 0 Å². The Bertz CT molecular complexity index is 1250. The number of carbonyl (C=O) groups is 3. The summed E-state index contributed by atoms with van der Waals surface area (Å²) in [6.45, 7) is 0.510. The lowest BCUT2D eigenvalue weighted by atomic mass is 10.1. The van der Waals surface area contributed by atoms with Crippen molar-refractivity contribution in [2.45, 2.75) is 37.0 Å². The van der Waals surface area contributed by atoms with E-state index in [-0.39, 0.29) is 61.4 Å². The van der Waals surface area contributed by atoms with Crippen molar-refractivity contribution in [2.24, 2.45) is 0 Å². The standard InChI is InChI=1S/C24H25N5O9S/c30-22(25-17-10-26(11-17)23(31)37-13-15-1-5-18(6-2-15)28(33)34)21-9-20(39)12-27(21)24(32)38-14-16-3-7-19(8-4-16)29(35)36/h1-8,17,20-21,39H,9-14H2,(H,25,30). The molecule has 0 bridgehead atoms. The zero-order chi connectivity index (χ0) is 28.1. The number of carbonyl (C=O) groups excluding carboxylic acids is 3. The molecule has 2 saturated heterocycles. The van der Waals surface area contributed by atoms with Gasteiger partial charge in [-0.3, -0.25) is 29.9 Å². The van der Waals surface area contributed by atoms with Crippen molar-refractivity contribution in [3.63, 3.8) is 0 Å². The van der Waals surface area contributed by atoms with Crippen LogP contribution >= 0.6 is 12.6 Å². The average Bonchev–Trinajstić information content (AvgIpc) is 3.30. The second-order valence-electron chi connectivity index (χ2n) is 9.12. The molecule has 2 aliphatic heterocycles.